The molecule has 0 fully saturated rings. The maximum atomic E-state index is 5.75. The molecule has 0 aromatic heterocycles. The first kappa shape index (κ1) is 25.2. The third kappa shape index (κ3) is 11.2. The zero-order valence-corrected chi connectivity index (χ0v) is 18.9. The van der Waals surface area contributed by atoms with Crippen molar-refractivity contribution < 1.29 is 23.7 Å². The molecule has 0 bridgehead atoms. The van der Waals surface area contributed by atoms with E-state index in [0.29, 0.717) is 46.2 Å². The number of anilines is 1. The summed E-state index contributed by atoms with van der Waals surface area (Å²) in [5.74, 6) is 0. The summed E-state index contributed by atoms with van der Waals surface area (Å²) in [6.45, 7) is 9.88. The van der Waals surface area contributed by atoms with Crippen LogP contribution in [0.4, 0.5) is 5.69 Å². The van der Waals surface area contributed by atoms with Crippen LogP contribution in [-0.2, 0) is 36.9 Å². The molecular weight excluding hydrogens is 378 g/mol. The van der Waals surface area contributed by atoms with Gasteiger partial charge in [-0.25, -0.2) is 0 Å². The minimum Gasteiger partial charge on any atom is -0.382 e. The van der Waals surface area contributed by atoms with Crippen molar-refractivity contribution >= 4 is 18.3 Å². The second-order valence-corrected chi connectivity index (χ2v) is 8.54. The Morgan fingerprint density at radius 1 is 0.786 bits per heavy atom. The van der Waals surface area contributed by atoms with Gasteiger partial charge >= 0.3 is 0 Å². The average molecular weight is 416 g/mol. The van der Waals surface area contributed by atoms with Gasteiger partial charge in [0.05, 0.1) is 46.2 Å². The summed E-state index contributed by atoms with van der Waals surface area (Å²) in [7, 11) is 5.08. The van der Waals surface area contributed by atoms with Crippen molar-refractivity contribution in [3.63, 3.8) is 0 Å². The molecule has 6 nitrogen and oxygen atoms in total. The van der Waals surface area contributed by atoms with Crippen LogP contribution in [0.3, 0.4) is 0 Å². The van der Waals surface area contributed by atoms with Crippen LogP contribution in [0.1, 0.15) is 25.0 Å². The summed E-state index contributed by atoms with van der Waals surface area (Å²) < 4.78 is 26.7. The van der Waals surface area contributed by atoms with Gasteiger partial charge in [0.25, 0.3) is 0 Å². The fourth-order valence-electron chi connectivity index (χ4n) is 2.83. The Bertz CT molecular complexity index is 512. The molecule has 0 atom stereocenters. The van der Waals surface area contributed by atoms with Crippen LogP contribution in [0.5, 0.6) is 0 Å². The molecule has 0 saturated heterocycles. The molecular formula is C21H37NO5S. The molecule has 0 aliphatic heterocycles. The maximum absolute atomic E-state index is 5.75. The number of hydrogen-bond donors (Lipinski definition) is 1. The zero-order valence-electron chi connectivity index (χ0n) is 18.0. The van der Waals surface area contributed by atoms with Crippen LogP contribution in [0, 0.1) is 0 Å². The number of benzene rings is 1. The number of nitrogens with zero attached hydrogens (tertiary/aromatic N) is 1. The molecule has 0 spiro atoms. The second kappa shape index (κ2) is 14.2. The predicted molar refractivity (Wildman–Crippen MR) is 117 cm³/mol. The molecule has 0 N–H and O–H groups in total. The van der Waals surface area contributed by atoms with Crippen LogP contribution in [0.2, 0.25) is 0 Å². The van der Waals surface area contributed by atoms with Gasteiger partial charge in [0.2, 0.25) is 0 Å². The lowest BCUT2D eigenvalue weighted by molar-refractivity contribution is 0.0264. The van der Waals surface area contributed by atoms with E-state index in [1.807, 2.05) is 0 Å². The molecule has 0 amide bonds. The van der Waals surface area contributed by atoms with Crippen molar-refractivity contribution in [2.24, 2.45) is 0 Å². The van der Waals surface area contributed by atoms with Crippen LogP contribution < -0.4 is 4.90 Å². The Kier molecular flexibility index (Phi) is 12.8. The Morgan fingerprint density at radius 3 is 1.82 bits per heavy atom. The van der Waals surface area contributed by atoms with E-state index in [1.54, 1.807) is 21.3 Å². The minimum atomic E-state index is -0.137. The number of hydrogen-bond acceptors (Lipinski definition) is 7. The van der Waals surface area contributed by atoms with Crippen molar-refractivity contribution in [1.82, 2.24) is 0 Å². The summed E-state index contributed by atoms with van der Waals surface area (Å²) in [6, 6.07) is 6.44. The van der Waals surface area contributed by atoms with Gasteiger partial charge in [-0.1, -0.05) is 6.07 Å². The highest BCUT2D eigenvalue weighted by atomic mass is 32.1. The predicted octanol–water partition coefficient (Wildman–Crippen LogP) is 3.17. The summed E-state index contributed by atoms with van der Waals surface area (Å²) in [5.41, 5.74) is 3.38. The molecule has 0 saturated carbocycles. The van der Waals surface area contributed by atoms with Crippen LogP contribution in [0.25, 0.3) is 0 Å². The molecule has 7 heteroatoms. The second-order valence-electron chi connectivity index (χ2n) is 7.33. The monoisotopic (exact) mass is 415 g/mol. The highest BCUT2D eigenvalue weighted by Crippen LogP contribution is 2.24. The number of methoxy groups -OCH3 is 3. The third-order valence-electron chi connectivity index (χ3n) is 3.91. The maximum Gasteiger partial charge on any atom is 0.0713 e. The lowest BCUT2D eigenvalue weighted by Crippen LogP contribution is -2.37. The fraction of sp³-hybridized carbons (Fsp3) is 0.714. The van der Waals surface area contributed by atoms with Crippen molar-refractivity contribution in [3.8, 4) is 0 Å². The highest BCUT2D eigenvalue weighted by Gasteiger charge is 2.19. The summed E-state index contributed by atoms with van der Waals surface area (Å²) >= 11 is 4.73. The van der Waals surface area contributed by atoms with E-state index in [2.05, 4.69) is 36.9 Å². The van der Waals surface area contributed by atoms with Gasteiger partial charge in [0.15, 0.2) is 0 Å². The molecule has 1 rings (SSSR count). The molecule has 1 aromatic carbocycles. The third-order valence-corrected chi connectivity index (χ3v) is 4.05. The van der Waals surface area contributed by atoms with E-state index in [9.17, 15) is 0 Å². The van der Waals surface area contributed by atoms with Crippen LogP contribution in [0.15, 0.2) is 18.2 Å². The van der Waals surface area contributed by atoms with Crippen LogP contribution in [-0.4, -0.2) is 72.2 Å². The first-order valence-corrected chi connectivity index (χ1v) is 10.1. The van der Waals surface area contributed by atoms with Crippen molar-refractivity contribution in [2.45, 2.75) is 31.8 Å². The molecule has 28 heavy (non-hydrogen) atoms. The standard InChI is InChI=1S/C21H37NO5S/c1-21(2,28)17-22(6-7-26-10-11-27-9-8-23-3)20-13-18(15-24-4)12-19(14-20)16-25-5/h12-14,28H,6-11,15-17H2,1-5H3. The van der Waals surface area contributed by atoms with E-state index >= 15 is 0 Å². The fourth-order valence-corrected chi connectivity index (χ4v) is 3.00. The molecule has 1 aromatic rings. The Morgan fingerprint density at radius 2 is 1.32 bits per heavy atom. The van der Waals surface area contributed by atoms with Gasteiger partial charge in [-0.15, -0.1) is 0 Å². The number of rotatable bonds is 16. The van der Waals surface area contributed by atoms with E-state index in [1.165, 1.54) is 0 Å². The van der Waals surface area contributed by atoms with Gasteiger partial charge in [-0.3, -0.25) is 0 Å². The largest absolute Gasteiger partial charge is 0.382 e. The smallest absolute Gasteiger partial charge is 0.0713 e. The molecule has 0 heterocycles. The zero-order chi connectivity index (χ0) is 20.8. The Hall–Kier alpha value is -0.830. The van der Waals surface area contributed by atoms with E-state index in [-0.39, 0.29) is 4.75 Å². The van der Waals surface area contributed by atoms with Gasteiger partial charge < -0.3 is 28.6 Å². The summed E-state index contributed by atoms with van der Waals surface area (Å²) in [5, 5.41) is 0. The summed E-state index contributed by atoms with van der Waals surface area (Å²) in [4.78, 5) is 2.30. The van der Waals surface area contributed by atoms with E-state index in [4.69, 9.17) is 36.3 Å². The topological polar surface area (TPSA) is 49.4 Å². The van der Waals surface area contributed by atoms with Gasteiger partial charge in [0, 0.05) is 44.9 Å². The van der Waals surface area contributed by atoms with Crippen molar-refractivity contribution in [3.05, 3.63) is 29.3 Å². The van der Waals surface area contributed by atoms with E-state index < -0.39 is 0 Å². The number of ether oxygens (including phenoxy) is 5. The summed E-state index contributed by atoms with van der Waals surface area (Å²) in [6.07, 6.45) is 0. The van der Waals surface area contributed by atoms with Crippen LogP contribution >= 0.6 is 12.6 Å². The SMILES string of the molecule is COCCOCCOCCN(CC(C)(C)S)c1cc(COC)cc(COC)c1. The number of thiol groups is 1. The molecule has 0 radical (unpaired) electrons. The minimum absolute atomic E-state index is 0.137. The lowest BCUT2D eigenvalue weighted by Gasteiger charge is -2.32. The molecule has 162 valence electrons. The average Bonchev–Trinajstić information content (AvgIpc) is 2.62. The van der Waals surface area contributed by atoms with Gasteiger partial charge in [0.1, 0.15) is 0 Å². The first-order chi connectivity index (χ1) is 13.4. The quantitative estimate of drug-likeness (QED) is 0.331. The molecule has 0 aliphatic carbocycles. The Balaban J connectivity index is 2.72. The lowest BCUT2D eigenvalue weighted by atomic mass is 10.1. The van der Waals surface area contributed by atoms with Crippen molar-refractivity contribution in [1.29, 1.82) is 0 Å². The first-order valence-electron chi connectivity index (χ1n) is 9.62. The van der Waals surface area contributed by atoms with Gasteiger partial charge in [-0.05, 0) is 37.1 Å². The van der Waals surface area contributed by atoms with Crippen molar-refractivity contribution in [2.75, 3.05) is 72.4 Å². The van der Waals surface area contributed by atoms with Gasteiger partial charge in [-0.2, -0.15) is 12.6 Å². The molecule has 0 unspecified atom stereocenters. The van der Waals surface area contributed by atoms with E-state index in [0.717, 1.165) is 29.9 Å². The highest BCUT2D eigenvalue weighted by molar-refractivity contribution is 7.81. The normalized spacial score (nSPS) is 11.8. The Labute approximate surface area is 175 Å². The molecule has 0 aliphatic rings.